The Morgan fingerprint density at radius 2 is 1.84 bits per heavy atom. The standard InChI is InChI=1S/C30H29NO6/c1-4-36-24-13-10-20(16-25(24)35-3)27-26(28(32)21-11-12-23-22(15-21)14-18(2)37-23)29(33)30(34)31(27)17-19-8-6-5-7-9-19/h5-13,15-16,18,27,32H,4,14,17H2,1-3H3/t18-,27+/m0/s1. The van der Waals surface area contributed by atoms with Crippen molar-refractivity contribution in [2.45, 2.75) is 39.0 Å². The summed E-state index contributed by atoms with van der Waals surface area (Å²) < 4.78 is 17.0. The van der Waals surface area contributed by atoms with Gasteiger partial charge in [-0.15, -0.1) is 0 Å². The molecule has 0 saturated carbocycles. The van der Waals surface area contributed by atoms with E-state index in [4.69, 9.17) is 14.2 Å². The lowest BCUT2D eigenvalue weighted by molar-refractivity contribution is -0.140. The molecule has 1 fully saturated rings. The maximum absolute atomic E-state index is 13.4. The van der Waals surface area contributed by atoms with Crippen molar-refractivity contribution in [3.8, 4) is 17.2 Å². The molecule has 1 amide bonds. The highest BCUT2D eigenvalue weighted by molar-refractivity contribution is 6.46. The fourth-order valence-electron chi connectivity index (χ4n) is 5.02. The van der Waals surface area contributed by atoms with Crippen molar-refractivity contribution in [3.05, 3.63) is 94.6 Å². The van der Waals surface area contributed by atoms with Crippen LogP contribution in [0.1, 0.15) is 42.1 Å². The number of ketones is 1. The Kier molecular flexibility index (Phi) is 6.61. The quantitative estimate of drug-likeness (QED) is 0.279. The van der Waals surface area contributed by atoms with Gasteiger partial charge in [0.05, 0.1) is 25.3 Å². The van der Waals surface area contributed by atoms with E-state index in [1.54, 1.807) is 30.3 Å². The highest BCUT2D eigenvalue weighted by atomic mass is 16.5. The number of hydrogen-bond donors (Lipinski definition) is 1. The fourth-order valence-corrected chi connectivity index (χ4v) is 5.02. The number of fused-ring (bicyclic) bond motifs is 1. The molecule has 190 valence electrons. The number of carbonyl (C=O) groups excluding carboxylic acids is 2. The summed E-state index contributed by atoms with van der Waals surface area (Å²) >= 11 is 0. The summed E-state index contributed by atoms with van der Waals surface area (Å²) in [5.41, 5.74) is 2.97. The van der Waals surface area contributed by atoms with Crippen LogP contribution in [-0.2, 0) is 22.6 Å². The molecule has 7 nitrogen and oxygen atoms in total. The summed E-state index contributed by atoms with van der Waals surface area (Å²) in [7, 11) is 1.54. The second-order valence-electron chi connectivity index (χ2n) is 9.21. The van der Waals surface area contributed by atoms with Crippen molar-refractivity contribution >= 4 is 17.4 Å². The molecule has 3 aromatic rings. The van der Waals surface area contributed by atoms with Gasteiger partial charge in [-0.25, -0.2) is 0 Å². The summed E-state index contributed by atoms with van der Waals surface area (Å²) in [5, 5.41) is 11.5. The minimum atomic E-state index is -0.812. The lowest BCUT2D eigenvalue weighted by Crippen LogP contribution is -2.29. The van der Waals surface area contributed by atoms with E-state index in [1.807, 2.05) is 50.2 Å². The smallest absolute Gasteiger partial charge is 0.295 e. The summed E-state index contributed by atoms with van der Waals surface area (Å²) in [4.78, 5) is 28.3. The number of likely N-dealkylation sites (tertiary alicyclic amines) is 1. The Bertz CT molecular complexity index is 1380. The van der Waals surface area contributed by atoms with Crippen LogP contribution in [0.4, 0.5) is 0 Å². The Morgan fingerprint density at radius 1 is 1.05 bits per heavy atom. The second kappa shape index (κ2) is 10.0. The van der Waals surface area contributed by atoms with Crippen LogP contribution < -0.4 is 14.2 Å². The van der Waals surface area contributed by atoms with Gasteiger partial charge in [0.1, 0.15) is 17.6 Å². The van der Waals surface area contributed by atoms with E-state index in [2.05, 4.69) is 0 Å². The van der Waals surface area contributed by atoms with Gasteiger partial charge in [0.2, 0.25) is 0 Å². The van der Waals surface area contributed by atoms with Crippen molar-refractivity contribution in [1.82, 2.24) is 4.90 Å². The van der Waals surface area contributed by atoms with E-state index in [9.17, 15) is 14.7 Å². The molecule has 37 heavy (non-hydrogen) atoms. The molecule has 0 bridgehead atoms. The first-order valence-electron chi connectivity index (χ1n) is 12.3. The highest BCUT2D eigenvalue weighted by Crippen LogP contribution is 2.43. The summed E-state index contributed by atoms with van der Waals surface area (Å²) in [5.74, 6) is 0.197. The third-order valence-electron chi connectivity index (χ3n) is 6.71. The first-order chi connectivity index (χ1) is 17.9. The first-order valence-corrected chi connectivity index (χ1v) is 12.3. The van der Waals surface area contributed by atoms with Crippen LogP contribution in [0.5, 0.6) is 17.2 Å². The fraction of sp³-hybridized carbons (Fsp3) is 0.267. The largest absolute Gasteiger partial charge is 0.507 e. The van der Waals surface area contributed by atoms with Gasteiger partial charge in [-0.2, -0.15) is 0 Å². The normalized spacial score (nSPS) is 20.0. The first kappa shape index (κ1) is 24.4. The summed E-state index contributed by atoms with van der Waals surface area (Å²) in [6, 6.07) is 19.3. The van der Waals surface area contributed by atoms with Crippen LogP contribution in [0, 0.1) is 0 Å². The van der Waals surface area contributed by atoms with E-state index < -0.39 is 17.7 Å². The molecule has 3 aromatic carbocycles. The average Bonchev–Trinajstić information content (AvgIpc) is 3.40. The lowest BCUT2D eigenvalue weighted by atomic mass is 9.94. The Balaban J connectivity index is 1.64. The third-order valence-corrected chi connectivity index (χ3v) is 6.71. The molecule has 1 saturated heterocycles. The average molecular weight is 500 g/mol. The van der Waals surface area contributed by atoms with Crippen LogP contribution >= 0.6 is 0 Å². The molecule has 1 N–H and O–H groups in total. The topological polar surface area (TPSA) is 85.3 Å². The number of aliphatic hydroxyl groups is 1. The number of hydrogen-bond acceptors (Lipinski definition) is 6. The van der Waals surface area contributed by atoms with Crippen molar-refractivity contribution < 1.29 is 28.9 Å². The van der Waals surface area contributed by atoms with Gasteiger partial charge in [-0.1, -0.05) is 36.4 Å². The molecule has 5 rings (SSSR count). The number of rotatable bonds is 7. The number of carbonyl (C=O) groups is 2. The Morgan fingerprint density at radius 3 is 2.57 bits per heavy atom. The van der Waals surface area contributed by atoms with Crippen LogP contribution in [0.15, 0.2) is 72.3 Å². The maximum Gasteiger partial charge on any atom is 0.295 e. The SMILES string of the molecule is CCOc1ccc([C@@H]2C(=C(O)c3ccc4c(c3)C[C@H](C)O4)C(=O)C(=O)N2Cc2ccccc2)cc1OC. The number of methoxy groups -OCH3 is 1. The molecule has 0 aromatic heterocycles. The molecular formula is C30H29NO6. The van der Waals surface area contributed by atoms with Crippen molar-refractivity contribution in [1.29, 1.82) is 0 Å². The molecular weight excluding hydrogens is 470 g/mol. The predicted octanol–water partition coefficient (Wildman–Crippen LogP) is 5.04. The van der Waals surface area contributed by atoms with Crippen molar-refractivity contribution in [3.63, 3.8) is 0 Å². The number of Topliss-reactive ketones (excluding diaryl/α,β-unsaturated/α-hetero) is 1. The molecule has 2 aliphatic heterocycles. The van der Waals surface area contributed by atoms with E-state index in [0.29, 0.717) is 35.7 Å². The van der Waals surface area contributed by atoms with Gasteiger partial charge in [0.15, 0.2) is 11.5 Å². The third kappa shape index (κ3) is 4.53. The van der Waals surface area contributed by atoms with Crippen LogP contribution in [0.3, 0.4) is 0 Å². The number of ether oxygens (including phenoxy) is 3. The minimum absolute atomic E-state index is 0.0408. The van der Waals surface area contributed by atoms with E-state index in [1.165, 1.54) is 12.0 Å². The number of nitrogens with zero attached hydrogens (tertiary/aromatic N) is 1. The Labute approximate surface area is 215 Å². The lowest BCUT2D eigenvalue weighted by Gasteiger charge is -2.26. The number of benzene rings is 3. The van der Waals surface area contributed by atoms with Crippen molar-refractivity contribution in [2.24, 2.45) is 0 Å². The van der Waals surface area contributed by atoms with Gasteiger partial charge in [0.25, 0.3) is 11.7 Å². The zero-order valence-corrected chi connectivity index (χ0v) is 21.1. The molecule has 0 radical (unpaired) electrons. The summed E-state index contributed by atoms with van der Waals surface area (Å²) in [6.45, 7) is 4.53. The zero-order chi connectivity index (χ0) is 26.1. The maximum atomic E-state index is 13.4. The molecule has 0 unspecified atom stereocenters. The van der Waals surface area contributed by atoms with Crippen LogP contribution in [0.2, 0.25) is 0 Å². The summed E-state index contributed by atoms with van der Waals surface area (Å²) in [6.07, 6.45) is 0.748. The predicted molar refractivity (Wildman–Crippen MR) is 139 cm³/mol. The van der Waals surface area contributed by atoms with Gasteiger partial charge < -0.3 is 24.2 Å². The molecule has 2 heterocycles. The van der Waals surface area contributed by atoms with Gasteiger partial charge in [-0.05, 0) is 60.9 Å². The Hall–Kier alpha value is -4.26. The number of aliphatic hydroxyl groups excluding tert-OH is 1. The van der Waals surface area contributed by atoms with E-state index in [0.717, 1.165) is 16.9 Å². The van der Waals surface area contributed by atoms with E-state index >= 15 is 0 Å². The minimum Gasteiger partial charge on any atom is -0.507 e. The van der Waals surface area contributed by atoms with E-state index in [-0.39, 0.29) is 24.0 Å². The van der Waals surface area contributed by atoms with Crippen LogP contribution in [0.25, 0.3) is 5.76 Å². The molecule has 0 spiro atoms. The molecule has 0 aliphatic carbocycles. The second-order valence-corrected chi connectivity index (χ2v) is 9.21. The van der Waals surface area contributed by atoms with Crippen molar-refractivity contribution in [2.75, 3.05) is 13.7 Å². The zero-order valence-electron chi connectivity index (χ0n) is 21.1. The van der Waals surface area contributed by atoms with Gasteiger partial charge in [-0.3, -0.25) is 9.59 Å². The highest BCUT2D eigenvalue weighted by Gasteiger charge is 2.46. The molecule has 7 heteroatoms. The van der Waals surface area contributed by atoms with Gasteiger partial charge >= 0.3 is 0 Å². The molecule has 2 atom stereocenters. The van der Waals surface area contributed by atoms with Gasteiger partial charge in [0, 0.05) is 18.5 Å². The monoisotopic (exact) mass is 499 g/mol. The number of amides is 1. The van der Waals surface area contributed by atoms with Crippen LogP contribution in [-0.4, -0.2) is 41.5 Å². The molecule has 2 aliphatic rings.